The van der Waals surface area contributed by atoms with Crippen LogP contribution in [-0.2, 0) is 23.5 Å². The minimum atomic E-state index is -3.68. The average Bonchev–Trinajstić information content (AvgIpc) is 2.87. The predicted molar refractivity (Wildman–Crippen MR) is 87.8 cm³/mol. The Morgan fingerprint density at radius 2 is 2.08 bits per heavy atom. The fourth-order valence-corrected chi connectivity index (χ4v) is 4.55. The Labute approximate surface area is 143 Å². The fraction of sp³-hybridized carbons (Fsp3) is 0.312. The largest absolute Gasteiger partial charge is 0.345 e. The number of aryl methyl sites for hydroxylation is 1. The van der Waals surface area contributed by atoms with Gasteiger partial charge in [-0.1, -0.05) is 6.92 Å². The summed E-state index contributed by atoms with van der Waals surface area (Å²) < 4.78 is 55.0. The van der Waals surface area contributed by atoms with E-state index in [9.17, 15) is 22.0 Å². The second kappa shape index (κ2) is 6.23. The number of carbonyl (C=O) groups is 1. The number of fused-ring (bicyclic) bond motifs is 1. The molecule has 1 atom stereocenters. The van der Waals surface area contributed by atoms with E-state index in [-0.39, 0.29) is 22.3 Å². The zero-order valence-electron chi connectivity index (χ0n) is 13.6. The number of rotatable bonds is 3. The Morgan fingerprint density at radius 3 is 2.72 bits per heavy atom. The topological polar surface area (TPSA) is 80.2 Å². The molecule has 0 saturated carbocycles. The molecular formula is C16H17F2N3O3S. The van der Waals surface area contributed by atoms with Gasteiger partial charge in [-0.05, 0) is 25.0 Å². The summed E-state index contributed by atoms with van der Waals surface area (Å²) in [6, 6.07) is 2.72. The molecule has 2 heterocycles. The zero-order valence-corrected chi connectivity index (χ0v) is 14.5. The third kappa shape index (κ3) is 3.16. The standard InChI is InChI=1S/C16H17F2N3O3S/c1-3-9-6-11-14(25(23,24)20-9)8-21(2)15(11)16(22)19-10-4-5-12(17)13(18)7-10/h4-5,7-9,20H,3,6H2,1-2H3,(H,19,22). The molecular weight excluding hydrogens is 352 g/mol. The van der Waals surface area contributed by atoms with Gasteiger partial charge in [0.15, 0.2) is 11.6 Å². The number of anilines is 1. The van der Waals surface area contributed by atoms with E-state index in [0.717, 1.165) is 12.1 Å². The van der Waals surface area contributed by atoms with Crippen LogP contribution >= 0.6 is 0 Å². The van der Waals surface area contributed by atoms with Gasteiger partial charge >= 0.3 is 0 Å². The van der Waals surface area contributed by atoms with Crippen LogP contribution in [0.4, 0.5) is 14.5 Å². The van der Waals surface area contributed by atoms with Gasteiger partial charge in [0, 0.05) is 36.6 Å². The number of benzene rings is 1. The monoisotopic (exact) mass is 369 g/mol. The van der Waals surface area contributed by atoms with Gasteiger partial charge in [-0.25, -0.2) is 21.9 Å². The molecule has 1 amide bonds. The zero-order chi connectivity index (χ0) is 18.4. The maximum Gasteiger partial charge on any atom is 0.272 e. The van der Waals surface area contributed by atoms with Crippen molar-refractivity contribution in [3.8, 4) is 0 Å². The molecule has 134 valence electrons. The van der Waals surface area contributed by atoms with Crippen molar-refractivity contribution in [3.63, 3.8) is 0 Å². The number of nitrogens with zero attached hydrogens (tertiary/aromatic N) is 1. The lowest BCUT2D eigenvalue weighted by Gasteiger charge is -2.23. The summed E-state index contributed by atoms with van der Waals surface area (Å²) in [4.78, 5) is 12.7. The normalized spacial score (nSPS) is 18.6. The molecule has 1 aliphatic heterocycles. The molecule has 2 N–H and O–H groups in total. The molecule has 6 nitrogen and oxygen atoms in total. The average molecular weight is 369 g/mol. The highest BCUT2D eigenvalue weighted by Gasteiger charge is 2.34. The third-order valence-electron chi connectivity index (χ3n) is 4.19. The third-order valence-corrected chi connectivity index (χ3v) is 5.77. The van der Waals surface area contributed by atoms with Crippen LogP contribution in [0.3, 0.4) is 0 Å². The first kappa shape index (κ1) is 17.6. The summed E-state index contributed by atoms with van der Waals surface area (Å²) in [5.41, 5.74) is 0.694. The van der Waals surface area contributed by atoms with Gasteiger partial charge in [0.25, 0.3) is 5.91 Å². The molecule has 1 aliphatic rings. The number of amides is 1. The van der Waals surface area contributed by atoms with Crippen LogP contribution < -0.4 is 10.0 Å². The van der Waals surface area contributed by atoms with Gasteiger partial charge in [-0.2, -0.15) is 0 Å². The Morgan fingerprint density at radius 1 is 1.36 bits per heavy atom. The summed E-state index contributed by atoms with van der Waals surface area (Å²) in [6.45, 7) is 1.85. The second-order valence-electron chi connectivity index (χ2n) is 5.95. The molecule has 2 aromatic rings. The van der Waals surface area contributed by atoms with Crippen LogP contribution in [0.25, 0.3) is 0 Å². The van der Waals surface area contributed by atoms with E-state index >= 15 is 0 Å². The quantitative estimate of drug-likeness (QED) is 0.870. The lowest BCUT2D eigenvalue weighted by Crippen LogP contribution is -2.40. The molecule has 1 unspecified atom stereocenters. The molecule has 1 aromatic heterocycles. The maximum atomic E-state index is 13.3. The van der Waals surface area contributed by atoms with Crippen molar-refractivity contribution >= 4 is 21.6 Å². The predicted octanol–water partition coefficient (Wildman–Crippen LogP) is 2.17. The van der Waals surface area contributed by atoms with Crippen LogP contribution in [0.15, 0.2) is 29.3 Å². The lowest BCUT2D eigenvalue weighted by atomic mass is 10.0. The minimum Gasteiger partial charge on any atom is -0.345 e. The van der Waals surface area contributed by atoms with Crippen molar-refractivity contribution in [3.05, 3.63) is 47.3 Å². The number of hydrogen-bond acceptors (Lipinski definition) is 3. The maximum absolute atomic E-state index is 13.3. The van der Waals surface area contributed by atoms with Crippen molar-refractivity contribution in [2.24, 2.45) is 7.05 Å². The molecule has 0 aliphatic carbocycles. The van der Waals surface area contributed by atoms with Gasteiger partial charge in [-0.15, -0.1) is 0 Å². The number of carbonyl (C=O) groups excluding carboxylic acids is 1. The van der Waals surface area contributed by atoms with Crippen LogP contribution in [0.2, 0.25) is 0 Å². The Bertz CT molecular complexity index is 954. The van der Waals surface area contributed by atoms with E-state index in [1.54, 1.807) is 7.05 Å². The second-order valence-corrected chi connectivity index (χ2v) is 7.63. The summed E-state index contributed by atoms with van der Waals surface area (Å²) in [7, 11) is -2.12. The summed E-state index contributed by atoms with van der Waals surface area (Å²) in [5.74, 6) is -2.68. The van der Waals surface area contributed by atoms with E-state index in [2.05, 4.69) is 10.0 Å². The molecule has 3 rings (SSSR count). The van der Waals surface area contributed by atoms with Crippen molar-refractivity contribution in [1.82, 2.24) is 9.29 Å². The highest BCUT2D eigenvalue weighted by Crippen LogP contribution is 2.29. The summed E-state index contributed by atoms with van der Waals surface area (Å²) in [5, 5.41) is 2.48. The SMILES string of the molecule is CCC1Cc2c(cn(C)c2C(=O)Nc2ccc(F)c(F)c2)S(=O)(=O)N1. The number of sulfonamides is 1. The molecule has 0 bridgehead atoms. The molecule has 0 radical (unpaired) electrons. The van der Waals surface area contributed by atoms with E-state index in [1.165, 1.54) is 16.8 Å². The minimum absolute atomic E-state index is 0.0649. The van der Waals surface area contributed by atoms with E-state index < -0.39 is 27.6 Å². The lowest BCUT2D eigenvalue weighted by molar-refractivity contribution is 0.101. The Balaban J connectivity index is 1.99. The van der Waals surface area contributed by atoms with Crippen molar-refractivity contribution < 1.29 is 22.0 Å². The number of nitrogens with one attached hydrogen (secondary N) is 2. The van der Waals surface area contributed by atoms with Gasteiger partial charge in [-0.3, -0.25) is 4.79 Å². The number of hydrogen-bond donors (Lipinski definition) is 2. The van der Waals surface area contributed by atoms with Crippen molar-refractivity contribution in [1.29, 1.82) is 0 Å². The summed E-state index contributed by atoms with van der Waals surface area (Å²) in [6.07, 6.45) is 2.34. The van der Waals surface area contributed by atoms with E-state index in [1.807, 2.05) is 6.92 Å². The first-order chi connectivity index (χ1) is 11.7. The van der Waals surface area contributed by atoms with Crippen LogP contribution in [0, 0.1) is 11.6 Å². The van der Waals surface area contributed by atoms with Gasteiger partial charge in [0.05, 0.1) is 0 Å². The molecule has 0 saturated heterocycles. The smallest absolute Gasteiger partial charge is 0.272 e. The van der Waals surface area contributed by atoms with E-state index in [0.29, 0.717) is 18.4 Å². The molecule has 25 heavy (non-hydrogen) atoms. The summed E-state index contributed by atoms with van der Waals surface area (Å²) >= 11 is 0. The first-order valence-electron chi connectivity index (χ1n) is 7.70. The van der Waals surface area contributed by atoms with Crippen LogP contribution in [-0.4, -0.2) is 24.9 Å². The molecule has 0 fully saturated rings. The Kier molecular flexibility index (Phi) is 4.38. The van der Waals surface area contributed by atoms with Gasteiger partial charge < -0.3 is 9.88 Å². The fourth-order valence-electron chi connectivity index (χ4n) is 2.94. The number of aromatic nitrogens is 1. The van der Waals surface area contributed by atoms with Crippen LogP contribution in [0.1, 0.15) is 29.4 Å². The molecule has 1 aromatic carbocycles. The number of halogens is 2. The highest BCUT2D eigenvalue weighted by molar-refractivity contribution is 7.89. The highest BCUT2D eigenvalue weighted by atomic mass is 32.2. The molecule has 0 spiro atoms. The van der Waals surface area contributed by atoms with Crippen LogP contribution in [0.5, 0.6) is 0 Å². The van der Waals surface area contributed by atoms with Gasteiger partial charge in [0.2, 0.25) is 10.0 Å². The van der Waals surface area contributed by atoms with Crippen molar-refractivity contribution in [2.45, 2.75) is 30.7 Å². The first-order valence-corrected chi connectivity index (χ1v) is 9.18. The van der Waals surface area contributed by atoms with E-state index in [4.69, 9.17) is 0 Å². The Hall–Kier alpha value is -2.26. The van der Waals surface area contributed by atoms with Crippen molar-refractivity contribution in [2.75, 3.05) is 5.32 Å². The molecule has 9 heteroatoms. The van der Waals surface area contributed by atoms with Gasteiger partial charge in [0.1, 0.15) is 10.6 Å².